The van der Waals surface area contributed by atoms with Gasteiger partial charge in [0.15, 0.2) is 0 Å². The fraction of sp³-hybridized carbons (Fsp3) is 0.250. The molecule has 0 saturated carbocycles. The van der Waals surface area contributed by atoms with Gasteiger partial charge in [-0.2, -0.15) is 0 Å². The second-order valence-electron chi connectivity index (χ2n) is 3.46. The molecule has 16 heavy (non-hydrogen) atoms. The van der Waals surface area contributed by atoms with E-state index >= 15 is 0 Å². The Bertz CT molecular complexity index is 539. The summed E-state index contributed by atoms with van der Waals surface area (Å²) in [5.74, 6) is -0.134. The molecule has 0 bridgehead atoms. The molecule has 0 amide bonds. The van der Waals surface area contributed by atoms with Crippen molar-refractivity contribution in [1.29, 1.82) is 0 Å². The van der Waals surface area contributed by atoms with Crippen LogP contribution in [0, 0.1) is 6.92 Å². The van der Waals surface area contributed by atoms with Crippen molar-refractivity contribution in [2.45, 2.75) is 13.8 Å². The number of esters is 1. The Balaban J connectivity index is 2.56. The van der Waals surface area contributed by atoms with Crippen LogP contribution in [0.25, 0.3) is 11.0 Å². The van der Waals surface area contributed by atoms with Gasteiger partial charge in [-0.25, -0.2) is 4.79 Å². The van der Waals surface area contributed by atoms with Gasteiger partial charge >= 0.3 is 5.97 Å². The zero-order valence-electron chi connectivity index (χ0n) is 9.11. The van der Waals surface area contributed by atoms with E-state index in [9.17, 15) is 9.90 Å². The third-order valence-electron chi connectivity index (χ3n) is 2.38. The van der Waals surface area contributed by atoms with Gasteiger partial charge in [0.2, 0.25) is 5.76 Å². The highest BCUT2D eigenvalue weighted by Gasteiger charge is 2.18. The molecule has 0 aliphatic heterocycles. The predicted molar refractivity (Wildman–Crippen MR) is 58.6 cm³/mol. The van der Waals surface area contributed by atoms with Gasteiger partial charge in [0.05, 0.1) is 6.61 Å². The van der Waals surface area contributed by atoms with Crippen molar-refractivity contribution in [1.82, 2.24) is 0 Å². The van der Waals surface area contributed by atoms with Crippen LogP contribution >= 0.6 is 0 Å². The van der Waals surface area contributed by atoms with Crippen LogP contribution in [0.1, 0.15) is 23.0 Å². The summed E-state index contributed by atoms with van der Waals surface area (Å²) in [5.41, 5.74) is 1.25. The number of aryl methyl sites for hydroxylation is 1. The lowest BCUT2D eigenvalue weighted by atomic mass is 10.1. The summed E-state index contributed by atoms with van der Waals surface area (Å²) in [6.45, 7) is 3.81. The van der Waals surface area contributed by atoms with E-state index in [2.05, 4.69) is 0 Å². The van der Waals surface area contributed by atoms with Crippen LogP contribution in [-0.4, -0.2) is 17.7 Å². The van der Waals surface area contributed by atoms with Crippen molar-refractivity contribution in [2.24, 2.45) is 0 Å². The quantitative estimate of drug-likeness (QED) is 0.790. The summed E-state index contributed by atoms with van der Waals surface area (Å²) in [6.07, 6.45) is 0. The molecule has 1 aromatic carbocycles. The van der Waals surface area contributed by atoms with E-state index in [1.165, 1.54) is 6.07 Å². The van der Waals surface area contributed by atoms with Crippen LogP contribution in [0.5, 0.6) is 5.75 Å². The number of phenols is 1. The first-order valence-electron chi connectivity index (χ1n) is 5.02. The Morgan fingerprint density at radius 2 is 2.25 bits per heavy atom. The number of phenolic OH excluding ortho intramolecular Hbond substituents is 1. The molecule has 2 rings (SSSR count). The predicted octanol–water partition coefficient (Wildman–Crippen LogP) is 2.62. The second kappa shape index (κ2) is 3.89. The Hall–Kier alpha value is -1.97. The molecule has 1 N–H and O–H groups in total. The highest BCUT2D eigenvalue weighted by molar-refractivity contribution is 5.96. The molecule has 0 aliphatic carbocycles. The highest BCUT2D eigenvalue weighted by Crippen LogP contribution is 2.28. The van der Waals surface area contributed by atoms with Gasteiger partial charge in [-0.1, -0.05) is 0 Å². The third-order valence-corrected chi connectivity index (χ3v) is 2.38. The summed E-state index contributed by atoms with van der Waals surface area (Å²) in [4.78, 5) is 11.5. The summed E-state index contributed by atoms with van der Waals surface area (Å²) in [7, 11) is 0. The Kier molecular flexibility index (Phi) is 2.56. The topological polar surface area (TPSA) is 59.7 Å². The van der Waals surface area contributed by atoms with Gasteiger partial charge in [-0.05, 0) is 32.0 Å². The minimum atomic E-state index is -0.476. The van der Waals surface area contributed by atoms with E-state index < -0.39 is 5.97 Å². The number of benzene rings is 1. The molecular formula is C12H12O4. The maximum absolute atomic E-state index is 11.5. The lowest BCUT2D eigenvalue weighted by molar-refractivity contribution is 0.0491. The van der Waals surface area contributed by atoms with Gasteiger partial charge < -0.3 is 14.3 Å². The normalized spacial score (nSPS) is 10.6. The van der Waals surface area contributed by atoms with Crippen molar-refractivity contribution in [2.75, 3.05) is 6.61 Å². The first-order valence-corrected chi connectivity index (χ1v) is 5.02. The van der Waals surface area contributed by atoms with Gasteiger partial charge in [-0.15, -0.1) is 0 Å². The van der Waals surface area contributed by atoms with Gasteiger partial charge in [-0.3, -0.25) is 0 Å². The molecule has 0 fully saturated rings. The molecule has 0 spiro atoms. The molecule has 0 atom stereocenters. The van der Waals surface area contributed by atoms with E-state index in [0.717, 1.165) is 5.39 Å². The van der Waals surface area contributed by atoms with E-state index in [1.807, 2.05) is 0 Å². The van der Waals surface area contributed by atoms with Crippen LogP contribution in [0.2, 0.25) is 0 Å². The summed E-state index contributed by atoms with van der Waals surface area (Å²) in [5, 5.41) is 10.1. The van der Waals surface area contributed by atoms with Crippen LogP contribution in [0.3, 0.4) is 0 Å². The molecule has 84 valence electrons. The van der Waals surface area contributed by atoms with Crippen LogP contribution < -0.4 is 0 Å². The fourth-order valence-electron chi connectivity index (χ4n) is 1.60. The fourth-order valence-corrected chi connectivity index (χ4v) is 1.60. The maximum atomic E-state index is 11.5. The highest BCUT2D eigenvalue weighted by atomic mass is 16.5. The minimum absolute atomic E-state index is 0.145. The van der Waals surface area contributed by atoms with Crippen LogP contribution in [0.15, 0.2) is 22.6 Å². The third kappa shape index (κ3) is 1.62. The molecule has 0 radical (unpaired) electrons. The van der Waals surface area contributed by atoms with Crippen molar-refractivity contribution in [3.8, 4) is 5.75 Å². The lowest BCUT2D eigenvalue weighted by Gasteiger charge is -1.97. The Labute approximate surface area is 92.4 Å². The largest absolute Gasteiger partial charge is 0.508 e. The standard InChI is InChI=1S/C12H12O4/c1-3-15-12(14)11-7(2)9-6-8(13)4-5-10(9)16-11/h4-6,13H,3H2,1-2H3. The number of furan rings is 1. The van der Waals surface area contributed by atoms with Gasteiger partial charge in [0, 0.05) is 10.9 Å². The average Bonchev–Trinajstić information content (AvgIpc) is 2.57. The molecule has 1 aromatic heterocycles. The van der Waals surface area contributed by atoms with Crippen molar-refractivity contribution < 1.29 is 19.1 Å². The molecule has 0 aliphatic rings. The van der Waals surface area contributed by atoms with Crippen LogP contribution in [0.4, 0.5) is 0 Å². The number of ether oxygens (including phenoxy) is 1. The van der Waals surface area contributed by atoms with E-state index in [-0.39, 0.29) is 11.5 Å². The molecule has 4 heteroatoms. The monoisotopic (exact) mass is 220 g/mol. The molecule has 1 heterocycles. The number of fused-ring (bicyclic) bond motifs is 1. The SMILES string of the molecule is CCOC(=O)c1oc2ccc(O)cc2c1C. The zero-order valence-corrected chi connectivity index (χ0v) is 9.11. The van der Waals surface area contributed by atoms with Crippen molar-refractivity contribution >= 4 is 16.9 Å². The first kappa shape index (κ1) is 10.5. The number of carbonyl (C=O) groups is 1. The molecule has 4 nitrogen and oxygen atoms in total. The Morgan fingerprint density at radius 1 is 1.50 bits per heavy atom. The van der Waals surface area contributed by atoms with E-state index in [1.54, 1.807) is 26.0 Å². The number of aromatic hydroxyl groups is 1. The minimum Gasteiger partial charge on any atom is -0.508 e. The molecule has 0 saturated heterocycles. The van der Waals surface area contributed by atoms with E-state index in [4.69, 9.17) is 9.15 Å². The number of hydrogen-bond donors (Lipinski definition) is 1. The maximum Gasteiger partial charge on any atom is 0.374 e. The Morgan fingerprint density at radius 3 is 2.94 bits per heavy atom. The van der Waals surface area contributed by atoms with Crippen molar-refractivity contribution in [3.05, 3.63) is 29.5 Å². The lowest BCUT2D eigenvalue weighted by Crippen LogP contribution is -2.04. The molecule has 0 unspecified atom stereocenters. The second-order valence-corrected chi connectivity index (χ2v) is 3.46. The summed E-state index contributed by atoms with van der Waals surface area (Å²) >= 11 is 0. The molecule has 2 aromatic rings. The van der Waals surface area contributed by atoms with Gasteiger partial charge in [0.25, 0.3) is 0 Å². The average molecular weight is 220 g/mol. The van der Waals surface area contributed by atoms with E-state index in [0.29, 0.717) is 17.8 Å². The number of carbonyl (C=O) groups excluding carboxylic acids is 1. The van der Waals surface area contributed by atoms with Crippen molar-refractivity contribution in [3.63, 3.8) is 0 Å². The van der Waals surface area contributed by atoms with Crippen LogP contribution in [-0.2, 0) is 4.74 Å². The summed E-state index contributed by atoms with van der Waals surface area (Å²) < 4.78 is 10.3. The number of rotatable bonds is 2. The molecular weight excluding hydrogens is 208 g/mol. The number of hydrogen-bond acceptors (Lipinski definition) is 4. The van der Waals surface area contributed by atoms with Gasteiger partial charge in [0.1, 0.15) is 11.3 Å². The smallest absolute Gasteiger partial charge is 0.374 e. The summed E-state index contributed by atoms with van der Waals surface area (Å²) in [6, 6.07) is 4.71. The first-order chi connectivity index (χ1) is 7.63. The zero-order chi connectivity index (χ0) is 11.7.